The highest BCUT2D eigenvalue weighted by Gasteiger charge is 2.26. The van der Waals surface area contributed by atoms with Gasteiger partial charge < -0.3 is 4.90 Å². The maximum atomic E-state index is 5.27. The number of hydrogen-bond acceptors (Lipinski definition) is 1. The summed E-state index contributed by atoms with van der Waals surface area (Å²) in [7, 11) is 0. The molecule has 1 aromatic rings. The predicted octanol–water partition coefficient (Wildman–Crippen LogP) is 2.78. The van der Waals surface area contributed by atoms with Crippen LogP contribution in [-0.2, 0) is 0 Å². The molecular formula is C11H11NS. The van der Waals surface area contributed by atoms with E-state index in [1.54, 1.807) is 0 Å². The van der Waals surface area contributed by atoms with E-state index < -0.39 is 0 Å². The Balaban J connectivity index is 2.20. The first-order valence-corrected chi connectivity index (χ1v) is 4.76. The normalized spacial score (nSPS) is 19.0. The third-order valence-electron chi connectivity index (χ3n) is 2.26. The Labute approximate surface area is 83.7 Å². The van der Waals surface area contributed by atoms with Gasteiger partial charge in [-0.3, -0.25) is 0 Å². The van der Waals surface area contributed by atoms with Crippen LogP contribution in [0.3, 0.4) is 0 Å². The maximum absolute atomic E-state index is 5.27. The second kappa shape index (κ2) is 3.30. The zero-order valence-electron chi connectivity index (χ0n) is 7.53. The van der Waals surface area contributed by atoms with E-state index in [4.69, 9.17) is 12.2 Å². The van der Waals surface area contributed by atoms with E-state index in [9.17, 15) is 0 Å². The van der Waals surface area contributed by atoms with Crippen molar-refractivity contribution in [2.24, 2.45) is 0 Å². The standard InChI is InChI=1S/C11H11NS/c1-2-9-8-12(11(9)13)10-6-4-3-5-7-10/h2-7H,8H2,1H3/b9-2+. The summed E-state index contributed by atoms with van der Waals surface area (Å²) in [6.45, 7) is 2.99. The molecule has 0 N–H and O–H groups in total. The van der Waals surface area contributed by atoms with Gasteiger partial charge in [-0.2, -0.15) is 0 Å². The number of para-hydroxylation sites is 1. The van der Waals surface area contributed by atoms with Crippen LogP contribution in [-0.4, -0.2) is 11.5 Å². The second-order valence-electron chi connectivity index (χ2n) is 3.04. The summed E-state index contributed by atoms with van der Waals surface area (Å²) in [5.41, 5.74) is 2.47. The molecule has 0 bridgehead atoms. The van der Waals surface area contributed by atoms with Crippen LogP contribution in [0.4, 0.5) is 5.69 Å². The summed E-state index contributed by atoms with van der Waals surface area (Å²) in [5, 5.41) is 0. The van der Waals surface area contributed by atoms with Crippen molar-refractivity contribution in [2.45, 2.75) is 6.92 Å². The molecule has 0 saturated carbocycles. The molecule has 1 aliphatic heterocycles. The number of hydrogen-bond donors (Lipinski definition) is 0. The van der Waals surface area contributed by atoms with E-state index in [2.05, 4.69) is 23.1 Å². The maximum Gasteiger partial charge on any atom is 0.111 e. The van der Waals surface area contributed by atoms with Gasteiger partial charge in [0.2, 0.25) is 0 Å². The minimum atomic E-state index is 0.958. The molecule has 13 heavy (non-hydrogen) atoms. The van der Waals surface area contributed by atoms with Crippen LogP contribution >= 0.6 is 12.2 Å². The molecule has 0 spiro atoms. The Morgan fingerprint density at radius 2 is 2.00 bits per heavy atom. The van der Waals surface area contributed by atoms with E-state index in [0.717, 1.165) is 11.5 Å². The molecule has 1 heterocycles. The van der Waals surface area contributed by atoms with Crippen LogP contribution < -0.4 is 4.90 Å². The highest BCUT2D eigenvalue weighted by atomic mass is 32.1. The van der Waals surface area contributed by atoms with Gasteiger partial charge in [0, 0.05) is 11.3 Å². The van der Waals surface area contributed by atoms with Gasteiger partial charge in [0.25, 0.3) is 0 Å². The fourth-order valence-electron chi connectivity index (χ4n) is 1.42. The largest absolute Gasteiger partial charge is 0.328 e. The highest BCUT2D eigenvalue weighted by molar-refractivity contribution is 7.81. The highest BCUT2D eigenvalue weighted by Crippen LogP contribution is 2.25. The van der Waals surface area contributed by atoms with E-state index in [0.29, 0.717) is 0 Å². The van der Waals surface area contributed by atoms with Crippen molar-refractivity contribution in [3.05, 3.63) is 42.0 Å². The molecule has 0 atom stereocenters. The molecule has 2 heteroatoms. The lowest BCUT2D eigenvalue weighted by atomic mass is 10.1. The zero-order chi connectivity index (χ0) is 9.26. The lowest BCUT2D eigenvalue weighted by molar-refractivity contribution is 1.04. The van der Waals surface area contributed by atoms with Crippen molar-refractivity contribution >= 4 is 22.9 Å². The van der Waals surface area contributed by atoms with Gasteiger partial charge in [-0.15, -0.1) is 0 Å². The first-order valence-electron chi connectivity index (χ1n) is 4.35. The van der Waals surface area contributed by atoms with Crippen LogP contribution in [0.25, 0.3) is 0 Å². The fourth-order valence-corrected chi connectivity index (χ4v) is 1.78. The Morgan fingerprint density at radius 1 is 1.31 bits per heavy atom. The smallest absolute Gasteiger partial charge is 0.111 e. The molecule has 0 unspecified atom stereocenters. The van der Waals surface area contributed by atoms with Crippen molar-refractivity contribution in [1.82, 2.24) is 0 Å². The Morgan fingerprint density at radius 3 is 2.54 bits per heavy atom. The quantitative estimate of drug-likeness (QED) is 0.493. The number of anilines is 1. The molecule has 1 nitrogen and oxygen atoms in total. The molecule has 1 saturated heterocycles. The summed E-state index contributed by atoms with van der Waals surface area (Å²) in [6.07, 6.45) is 2.09. The average molecular weight is 189 g/mol. The molecule has 0 aromatic heterocycles. The topological polar surface area (TPSA) is 3.24 Å². The number of nitrogens with zero attached hydrogens (tertiary/aromatic N) is 1. The summed E-state index contributed by atoms with van der Waals surface area (Å²) < 4.78 is 0. The molecule has 0 radical (unpaired) electrons. The van der Waals surface area contributed by atoms with Crippen molar-refractivity contribution in [3.63, 3.8) is 0 Å². The third-order valence-corrected chi connectivity index (χ3v) is 2.75. The number of allylic oxidation sites excluding steroid dienone is 1. The molecular weight excluding hydrogens is 178 g/mol. The number of benzene rings is 1. The van der Waals surface area contributed by atoms with Gasteiger partial charge in [-0.05, 0) is 19.1 Å². The van der Waals surface area contributed by atoms with Crippen LogP contribution in [0.1, 0.15) is 6.92 Å². The monoisotopic (exact) mass is 189 g/mol. The van der Waals surface area contributed by atoms with Crippen molar-refractivity contribution in [1.29, 1.82) is 0 Å². The molecule has 1 aliphatic rings. The van der Waals surface area contributed by atoms with Crippen molar-refractivity contribution < 1.29 is 0 Å². The molecule has 0 amide bonds. The minimum absolute atomic E-state index is 0.958. The van der Waals surface area contributed by atoms with E-state index in [-0.39, 0.29) is 0 Å². The fraction of sp³-hybridized carbons (Fsp3) is 0.182. The van der Waals surface area contributed by atoms with Crippen LogP contribution in [0.5, 0.6) is 0 Å². The lowest BCUT2D eigenvalue weighted by Gasteiger charge is -2.36. The number of rotatable bonds is 1. The molecule has 66 valence electrons. The first kappa shape index (κ1) is 8.45. The number of thiocarbonyl (C=S) groups is 1. The van der Waals surface area contributed by atoms with Gasteiger partial charge in [0.1, 0.15) is 4.99 Å². The lowest BCUT2D eigenvalue weighted by Crippen LogP contribution is -2.44. The van der Waals surface area contributed by atoms with Crippen LogP contribution in [0, 0.1) is 0 Å². The third kappa shape index (κ3) is 1.38. The molecule has 1 fully saturated rings. The van der Waals surface area contributed by atoms with E-state index >= 15 is 0 Å². The second-order valence-corrected chi connectivity index (χ2v) is 3.43. The first-order chi connectivity index (χ1) is 6.33. The average Bonchev–Trinajstić information content (AvgIpc) is 2.18. The molecule has 0 aliphatic carbocycles. The van der Waals surface area contributed by atoms with Gasteiger partial charge in [-0.1, -0.05) is 36.5 Å². The van der Waals surface area contributed by atoms with E-state index in [1.807, 2.05) is 25.1 Å². The van der Waals surface area contributed by atoms with Gasteiger partial charge in [0.15, 0.2) is 0 Å². The van der Waals surface area contributed by atoms with Crippen molar-refractivity contribution in [3.8, 4) is 0 Å². The summed E-state index contributed by atoms with van der Waals surface area (Å²) in [4.78, 5) is 3.11. The molecule has 2 rings (SSSR count). The van der Waals surface area contributed by atoms with Gasteiger partial charge in [0.05, 0.1) is 6.54 Å². The van der Waals surface area contributed by atoms with E-state index in [1.165, 1.54) is 11.3 Å². The predicted molar refractivity (Wildman–Crippen MR) is 60.1 cm³/mol. The summed E-state index contributed by atoms with van der Waals surface area (Å²) >= 11 is 5.27. The Hall–Kier alpha value is -1.15. The summed E-state index contributed by atoms with van der Waals surface area (Å²) in [5.74, 6) is 0. The SMILES string of the molecule is C/C=C1\CN(c2ccccc2)C1=S. The summed E-state index contributed by atoms with van der Waals surface area (Å²) in [6, 6.07) is 10.2. The molecule has 1 aromatic carbocycles. The zero-order valence-corrected chi connectivity index (χ0v) is 8.34. The Kier molecular flexibility index (Phi) is 2.15. The minimum Gasteiger partial charge on any atom is -0.328 e. The van der Waals surface area contributed by atoms with Gasteiger partial charge >= 0.3 is 0 Å². The van der Waals surface area contributed by atoms with Gasteiger partial charge in [-0.25, -0.2) is 0 Å². The Bertz CT molecular complexity index is 354. The van der Waals surface area contributed by atoms with Crippen LogP contribution in [0.2, 0.25) is 0 Å². The van der Waals surface area contributed by atoms with Crippen LogP contribution in [0.15, 0.2) is 42.0 Å². The van der Waals surface area contributed by atoms with Crippen molar-refractivity contribution in [2.75, 3.05) is 11.4 Å².